The first-order valence-electron chi connectivity index (χ1n) is 10.6. The molecule has 1 N–H and O–H groups in total. The Hall–Kier alpha value is -2.91. The number of hydrogen-bond donors (Lipinski definition) is 1. The van der Waals surface area contributed by atoms with Crippen LogP contribution in [0, 0.1) is 0 Å². The molecule has 8 nitrogen and oxygen atoms in total. The molecule has 3 aromatic rings. The minimum atomic E-state index is -0.237. The van der Waals surface area contributed by atoms with Gasteiger partial charge in [0.25, 0.3) is 5.91 Å². The predicted molar refractivity (Wildman–Crippen MR) is 125 cm³/mol. The highest BCUT2D eigenvalue weighted by Crippen LogP contribution is 2.24. The molecule has 32 heavy (non-hydrogen) atoms. The van der Waals surface area contributed by atoms with Crippen molar-refractivity contribution >= 4 is 23.5 Å². The summed E-state index contributed by atoms with van der Waals surface area (Å²) in [5, 5.41) is 3.52. The quantitative estimate of drug-likeness (QED) is 0.326. The van der Waals surface area contributed by atoms with Gasteiger partial charge in [0, 0.05) is 51.1 Å². The van der Waals surface area contributed by atoms with Crippen LogP contribution in [-0.2, 0) is 23.5 Å². The summed E-state index contributed by atoms with van der Waals surface area (Å²) >= 11 is 1.47. The third kappa shape index (κ3) is 6.80. The van der Waals surface area contributed by atoms with Crippen molar-refractivity contribution in [2.45, 2.75) is 37.8 Å². The molecule has 9 heteroatoms. The van der Waals surface area contributed by atoms with Gasteiger partial charge in [-0.25, -0.2) is 9.97 Å². The third-order valence-electron chi connectivity index (χ3n) is 4.75. The van der Waals surface area contributed by atoms with E-state index in [2.05, 4.69) is 39.0 Å². The smallest absolute Gasteiger partial charge is 0.287 e. The van der Waals surface area contributed by atoms with Gasteiger partial charge in [-0.3, -0.25) is 9.78 Å². The lowest BCUT2D eigenvalue weighted by molar-refractivity contribution is 0.0925. The minimum Gasteiger partial charge on any atom is -0.455 e. The Labute approximate surface area is 192 Å². The van der Waals surface area contributed by atoms with E-state index in [0.29, 0.717) is 42.0 Å². The van der Waals surface area contributed by atoms with E-state index in [0.717, 1.165) is 30.3 Å². The van der Waals surface area contributed by atoms with Crippen LogP contribution in [0.15, 0.2) is 52.2 Å². The fraction of sp³-hybridized carbons (Fsp3) is 0.391. The second-order valence-corrected chi connectivity index (χ2v) is 7.93. The van der Waals surface area contributed by atoms with E-state index in [1.807, 2.05) is 30.3 Å². The molecule has 0 saturated heterocycles. The molecule has 0 bridgehead atoms. The highest BCUT2D eigenvalue weighted by Gasteiger charge is 2.13. The van der Waals surface area contributed by atoms with Gasteiger partial charge in [0.05, 0.1) is 18.1 Å². The topological polar surface area (TPSA) is 93.4 Å². The van der Waals surface area contributed by atoms with Crippen molar-refractivity contribution < 1.29 is 13.9 Å². The molecule has 0 radical (unpaired) electrons. The lowest BCUT2D eigenvalue weighted by atomic mass is 10.2. The summed E-state index contributed by atoms with van der Waals surface area (Å²) in [6.07, 6.45) is 2.41. The Morgan fingerprint density at radius 2 is 2.00 bits per heavy atom. The Morgan fingerprint density at radius 3 is 2.72 bits per heavy atom. The van der Waals surface area contributed by atoms with Crippen LogP contribution in [0.3, 0.4) is 0 Å². The van der Waals surface area contributed by atoms with Gasteiger partial charge in [-0.1, -0.05) is 17.8 Å². The number of ether oxygens (including phenoxy) is 1. The van der Waals surface area contributed by atoms with E-state index in [9.17, 15) is 4.79 Å². The fourth-order valence-electron chi connectivity index (χ4n) is 3.11. The fourth-order valence-corrected chi connectivity index (χ4v) is 3.87. The maximum absolute atomic E-state index is 12.3. The normalized spacial score (nSPS) is 10.8. The number of anilines is 1. The standard InChI is InChI=1S/C23H29N5O3S/c1-4-28(5-2)21-14-18(15-30-3)26-23(27-21)32-16-19-9-10-20(31-19)22(29)25-13-11-17-8-6-7-12-24-17/h6-10,12,14H,4-5,11,13,15-16H2,1-3H3,(H,25,29). The highest BCUT2D eigenvalue weighted by atomic mass is 32.2. The highest BCUT2D eigenvalue weighted by molar-refractivity contribution is 7.98. The van der Waals surface area contributed by atoms with Crippen LogP contribution in [0.1, 0.15) is 41.6 Å². The van der Waals surface area contributed by atoms with Crippen molar-refractivity contribution in [1.82, 2.24) is 20.3 Å². The first kappa shape index (κ1) is 23.7. The van der Waals surface area contributed by atoms with Crippen LogP contribution in [0.2, 0.25) is 0 Å². The van der Waals surface area contributed by atoms with Crippen molar-refractivity contribution in [1.29, 1.82) is 0 Å². The van der Waals surface area contributed by atoms with Gasteiger partial charge in [0.1, 0.15) is 11.6 Å². The van der Waals surface area contributed by atoms with Gasteiger partial charge in [0.15, 0.2) is 10.9 Å². The number of amides is 1. The zero-order chi connectivity index (χ0) is 22.8. The zero-order valence-corrected chi connectivity index (χ0v) is 19.5. The summed E-state index contributed by atoms with van der Waals surface area (Å²) in [5.74, 6) is 2.15. The van der Waals surface area contributed by atoms with E-state index in [4.69, 9.17) is 9.15 Å². The van der Waals surface area contributed by atoms with Crippen molar-refractivity contribution in [2.24, 2.45) is 0 Å². The number of nitrogens with one attached hydrogen (secondary N) is 1. The molecule has 0 aliphatic heterocycles. The number of hydrogen-bond acceptors (Lipinski definition) is 8. The first-order valence-corrected chi connectivity index (χ1v) is 11.6. The molecule has 3 heterocycles. The van der Waals surface area contributed by atoms with Crippen molar-refractivity contribution in [3.8, 4) is 0 Å². The molecule has 0 aromatic carbocycles. The number of rotatable bonds is 12. The predicted octanol–water partition coefficient (Wildman–Crippen LogP) is 3.72. The molecule has 3 aromatic heterocycles. The molecule has 0 aliphatic rings. The number of carbonyl (C=O) groups excluding carboxylic acids is 1. The van der Waals surface area contributed by atoms with Crippen molar-refractivity contribution in [3.05, 3.63) is 65.5 Å². The number of pyridine rings is 1. The zero-order valence-electron chi connectivity index (χ0n) is 18.7. The molecule has 170 valence electrons. The van der Waals surface area contributed by atoms with Gasteiger partial charge in [0.2, 0.25) is 0 Å². The molecule has 0 aliphatic carbocycles. The van der Waals surface area contributed by atoms with Gasteiger partial charge in [-0.05, 0) is 38.1 Å². The summed E-state index contributed by atoms with van der Waals surface area (Å²) in [5.41, 5.74) is 1.77. The number of methoxy groups -OCH3 is 1. The second-order valence-electron chi connectivity index (χ2n) is 6.99. The second kappa shape index (κ2) is 12.2. The van der Waals surface area contributed by atoms with E-state index < -0.39 is 0 Å². The van der Waals surface area contributed by atoms with E-state index in [1.165, 1.54) is 11.8 Å². The maximum atomic E-state index is 12.3. The van der Waals surface area contributed by atoms with Gasteiger partial charge in [-0.15, -0.1) is 0 Å². The average molecular weight is 456 g/mol. The monoisotopic (exact) mass is 455 g/mol. The average Bonchev–Trinajstić information content (AvgIpc) is 3.29. The van der Waals surface area contributed by atoms with Crippen LogP contribution in [0.4, 0.5) is 5.82 Å². The molecular formula is C23H29N5O3S. The van der Waals surface area contributed by atoms with E-state index in [-0.39, 0.29) is 5.91 Å². The van der Waals surface area contributed by atoms with Gasteiger partial charge >= 0.3 is 0 Å². The summed E-state index contributed by atoms with van der Waals surface area (Å²) in [7, 11) is 1.65. The maximum Gasteiger partial charge on any atom is 0.287 e. The Morgan fingerprint density at radius 1 is 1.16 bits per heavy atom. The molecule has 0 fully saturated rings. The van der Waals surface area contributed by atoms with Gasteiger partial charge < -0.3 is 19.4 Å². The van der Waals surface area contributed by atoms with Crippen LogP contribution in [-0.4, -0.2) is 47.6 Å². The molecule has 0 saturated carbocycles. The molecular weight excluding hydrogens is 426 g/mol. The minimum absolute atomic E-state index is 0.237. The summed E-state index contributed by atoms with van der Waals surface area (Å²) in [6.45, 7) is 6.84. The van der Waals surface area contributed by atoms with Crippen LogP contribution in [0.5, 0.6) is 0 Å². The summed E-state index contributed by atoms with van der Waals surface area (Å²) in [6, 6.07) is 11.2. The number of thioether (sulfide) groups is 1. The number of furan rings is 1. The molecule has 0 atom stereocenters. The number of nitrogens with zero attached hydrogens (tertiary/aromatic N) is 4. The first-order chi connectivity index (χ1) is 15.6. The summed E-state index contributed by atoms with van der Waals surface area (Å²) < 4.78 is 11.0. The van der Waals surface area contributed by atoms with Crippen LogP contribution in [0.25, 0.3) is 0 Å². The van der Waals surface area contributed by atoms with E-state index in [1.54, 1.807) is 19.4 Å². The Bertz CT molecular complexity index is 992. The van der Waals surface area contributed by atoms with Crippen LogP contribution >= 0.6 is 11.8 Å². The lowest BCUT2D eigenvalue weighted by Gasteiger charge is -2.20. The van der Waals surface area contributed by atoms with Gasteiger partial charge in [-0.2, -0.15) is 0 Å². The van der Waals surface area contributed by atoms with Crippen molar-refractivity contribution in [3.63, 3.8) is 0 Å². The molecule has 0 spiro atoms. The van der Waals surface area contributed by atoms with Crippen LogP contribution < -0.4 is 10.2 Å². The number of aromatic nitrogens is 3. The SMILES string of the molecule is CCN(CC)c1cc(COC)nc(SCc2ccc(C(=O)NCCc3ccccn3)o2)n1. The Kier molecular flexibility index (Phi) is 9.06. The molecule has 3 rings (SSSR count). The summed E-state index contributed by atoms with van der Waals surface area (Å²) in [4.78, 5) is 28.0. The lowest BCUT2D eigenvalue weighted by Crippen LogP contribution is -2.25. The van der Waals surface area contributed by atoms with Crippen molar-refractivity contribution in [2.75, 3.05) is 31.6 Å². The molecule has 0 unspecified atom stereocenters. The van der Waals surface area contributed by atoms with E-state index >= 15 is 0 Å². The largest absolute Gasteiger partial charge is 0.455 e. The Balaban J connectivity index is 1.57. The molecule has 1 amide bonds. The number of carbonyl (C=O) groups is 1. The third-order valence-corrected chi connectivity index (χ3v) is 5.62.